The molecule has 0 fully saturated rings. The molecule has 0 atom stereocenters. The van der Waals surface area contributed by atoms with Crippen molar-refractivity contribution < 1.29 is 19.5 Å². The van der Waals surface area contributed by atoms with E-state index in [1.807, 2.05) is 0 Å². The van der Waals surface area contributed by atoms with Crippen molar-refractivity contribution in [2.75, 3.05) is 0 Å². The third kappa shape index (κ3) is 1.79. The van der Waals surface area contributed by atoms with E-state index in [0.717, 1.165) is 12.1 Å². The molecule has 0 aliphatic heterocycles. The molecule has 6 heteroatoms. The van der Waals surface area contributed by atoms with Gasteiger partial charge in [0.1, 0.15) is 0 Å². The van der Waals surface area contributed by atoms with Crippen molar-refractivity contribution in [1.29, 1.82) is 0 Å². The van der Waals surface area contributed by atoms with Gasteiger partial charge in [-0.05, 0) is 0 Å². The van der Waals surface area contributed by atoms with Crippen LogP contribution in [-0.4, -0.2) is 15.1 Å². The van der Waals surface area contributed by atoms with Crippen LogP contribution in [0.4, 0.5) is 10.1 Å². The quantitative estimate of drug-likeness (QED) is 0.406. The van der Waals surface area contributed by atoms with Gasteiger partial charge >= 0.3 is 5.69 Å². The zero-order chi connectivity index (χ0) is 10.0. The molecule has 0 saturated heterocycles. The van der Waals surface area contributed by atoms with Crippen molar-refractivity contribution in [2.45, 2.75) is 6.29 Å². The predicted octanol–water partition coefficient (Wildman–Crippen LogP) is 0.717. The smallest absolute Gasteiger partial charge is 0.305 e. The molecule has 1 rings (SSSR count). The van der Waals surface area contributed by atoms with Gasteiger partial charge in [-0.25, -0.2) is 0 Å². The number of nitro benzene ring substituents is 1. The fourth-order valence-corrected chi connectivity index (χ4v) is 0.878. The van der Waals surface area contributed by atoms with Gasteiger partial charge in [-0.1, -0.05) is 12.1 Å². The topological polar surface area (TPSA) is 83.6 Å². The molecule has 1 aromatic carbocycles. The van der Waals surface area contributed by atoms with Crippen LogP contribution in [-0.2, 0) is 0 Å². The average molecular weight is 187 g/mol. The van der Waals surface area contributed by atoms with Gasteiger partial charge in [0.2, 0.25) is 5.82 Å². The average Bonchev–Trinajstić information content (AvgIpc) is 2.03. The summed E-state index contributed by atoms with van der Waals surface area (Å²) in [5.41, 5.74) is -1.28. The molecule has 0 heterocycles. The number of hydrogen-bond donors (Lipinski definition) is 2. The van der Waals surface area contributed by atoms with E-state index in [-0.39, 0.29) is 0 Å². The number of aliphatic hydroxyl groups excluding tert-OH is 1. The minimum atomic E-state index is -2.04. The van der Waals surface area contributed by atoms with E-state index >= 15 is 0 Å². The monoisotopic (exact) mass is 187 g/mol. The van der Waals surface area contributed by atoms with Crippen LogP contribution in [0.15, 0.2) is 18.2 Å². The van der Waals surface area contributed by atoms with Crippen LogP contribution >= 0.6 is 0 Å². The van der Waals surface area contributed by atoms with Gasteiger partial charge in [-0.15, -0.1) is 0 Å². The Labute approximate surface area is 72.2 Å². The van der Waals surface area contributed by atoms with Crippen LogP contribution in [0.1, 0.15) is 11.9 Å². The van der Waals surface area contributed by atoms with Gasteiger partial charge in [0.15, 0.2) is 6.29 Å². The zero-order valence-electron chi connectivity index (χ0n) is 6.35. The predicted molar refractivity (Wildman–Crippen MR) is 40.2 cm³/mol. The summed E-state index contributed by atoms with van der Waals surface area (Å²) in [6.45, 7) is 0. The molecule has 0 aromatic heterocycles. The van der Waals surface area contributed by atoms with Gasteiger partial charge < -0.3 is 10.2 Å². The molecule has 0 radical (unpaired) electrons. The van der Waals surface area contributed by atoms with Crippen molar-refractivity contribution in [2.24, 2.45) is 0 Å². The van der Waals surface area contributed by atoms with Crippen LogP contribution in [0.25, 0.3) is 0 Å². The minimum absolute atomic E-state index is 0.505. The van der Waals surface area contributed by atoms with Gasteiger partial charge in [0.05, 0.1) is 10.5 Å². The summed E-state index contributed by atoms with van der Waals surface area (Å²) in [6, 6.07) is 3.18. The van der Waals surface area contributed by atoms with Crippen molar-refractivity contribution in [3.63, 3.8) is 0 Å². The first-order valence-corrected chi connectivity index (χ1v) is 3.33. The molecular formula is C7H6FNO4. The van der Waals surface area contributed by atoms with Gasteiger partial charge in [0, 0.05) is 6.07 Å². The Balaban J connectivity index is 3.26. The van der Waals surface area contributed by atoms with Crippen molar-refractivity contribution >= 4 is 5.69 Å². The van der Waals surface area contributed by atoms with Crippen molar-refractivity contribution in [1.82, 2.24) is 0 Å². The maximum Gasteiger partial charge on any atom is 0.305 e. The molecule has 70 valence electrons. The Kier molecular flexibility index (Phi) is 2.54. The number of nitro groups is 1. The van der Waals surface area contributed by atoms with E-state index in [0.29, 0.717) is 0 Å². The molecule has 0 spiro atoms. The normalized spacial score (nSPS) is 10.5. The SMILES string of the molecule is O=[N+]([O-])c1cccc(C(O)O)c1F. The number of nitrogens with zero attached hydrogens (tertiary/aromatic N) is 1. The second-order valence-electron chi connectivity index (χ2n) is 2.31. The van der Waals surface area contributed by atoms with Gasteiger partial charge in [0.25, 0.3) is 0 Å². The zero-order valence-corrected chi connectivity index (χ0v) is 6.35. The van der Waals surface area contributed by atoms with Crippen LogP contribution in [0.3, 0.4) is 0 Å². The van der Waals surface area contributed by atoms with E-state index in [2.05, 4.69) is 0 Å². The summed E-state index contributed by atoms with van der Waals surface area (Å²) in [5, 5.41) is 27.4. The molecule has 5 nitrogen and oxygen atoms in total. The summed E-state index contributed by atoms with van der Waals surface area (Å²) >= 11 is 0. The Morgan fingerprint density at radius 2 is 2.08 bits per heavy atom. The van der Waals surface area contributed by atoms with Crippen LogP contribution in [0.5, 0.6) is 0 Å². The molecule has 2 N–H and O–H groups in total. The minimum Gasteiger partial charge on any atom is -0.364 e. The first kappa shape index (κ1) is 9.56. The van der Waals surface area contributed by atoms with Crippen LogP contribution < -0.4 is 0 Å². The van der Waals surface area contributed by atoms with Gasteiger partial charge in [-0.3, -0.25) is 10.1 Å². The summed E-state index contributed by atoms with van der Waals surface area (Å²) in [7, 11) is 0. The van der Waals surface area contributed by atoms with E-state index in [1.165, 1.54) is 6.07 Å². The molecule has 0 aliphatic carbocycles. The maximum absolute atomic E-state index is 13.0. The first-order valence-electron chi connectivity index (χ1n) is 3.33. The first-order chi connectivity index (χ1) is 6.04. The Morgan fingerprint density at radius 1 is 1.46 bits per heavy atom. The van der Waals surface area contributed by atoms with E-state index in [9.17, 15) is 14.5 Å². The Morgan fingerprint density at radius 3 is 2.54 bits per heavy atom. The molecule has 0 saturated carbocycles. The largest absolute Gasteiger partial charge is 0.364 e. The Bertz CT molecular complexity index is 339. The standard InChI is InChI=1S/C7H6FNO4/c8-6-4(7(10)11)2-1-3-5(6)9(12)13/h1-3,7,10-11H. The number of benzene rings is 1. The van der Waals surface area contributed by atoms with E-state index in [4.69, 9.17) is 10.2 Å². The van der Waals surface area contributed by atoms with Crippen LogP contribution in [0, 0.1) is 15.9 Å². The summed E-state index contributed by atoms with van der Waals surface area (Å²) < 4.78 is 13.0. The summed E-state index contributed by atoms with van der Waals surface area (Å²) in [6.07, 6.45) is -2.04. The fraction of sp³-hybridized carbons (Fsp3) is 0.143. The third-order valence-corrected chi connectivity index (χ3v) is 1.48. The second-order valence-corrected chi connectivity index (χ2v) is 2.31. The highest BCUT2D eigenvalue weighted by Crippen LogP contribution is 2.23. The molecule has 1 aromatic rings. The number of rotatable bonds is 2. The van der Waals surface area contributed by atoms with Gasteiger partial charge in [-0.2, -0.15) is 4.39 Å². The number of aliphatic hydroxyl groups is 2. The highest BCUT2D eigenvalue weighted by molar-refractivity contribution is 5.37. The summed E-state index contributed by atoms with van der Waals surface area (Å²) in [5.74, 6) is -1.22. The maximum atomic E-state index is 13.0. The lowest BCUT2D eigenvalue weighted by molar-refractivity contribution is -0.387. The third-order valence-electron chi connectivity index (χ3n) is 1.48. The molecule has 0 unspecified atom stereocenters. The van der Waals surface area contributed by atoms with E-state index in [1.54, 1.807) is 0 Å². The summed E-state index contributed by atoms with van der Waals surface area (Å²) in [4.78, 5) is 9.27. The van der Waals surface area contributed by atoms with Crippen molar-refractivity contribution in [3.05, 3.63) is 39.7 Å². The Hall–Kier alpha value is -1.53. The number of halogens is 1. The van der Waals surface area contributed by atoms with Crippen molar-refractivity contribution in [3.8, 4) is 0 Å². The fourth-order valence-electron chi connectivity index (χ4n) is 0.878. The molecule has 0 aliphatic rings. The number of hydrogen-bond acceptors (Lipinski definition) is 4. The second kappa shape index (κ2) is 3.46. The lowest BCUT2D eigenvalue weighted by Crippen LogP contribution is -2.02. The lowest BCUT2D eigenvalue weighted by atomic mass is 10.2. The highest BCUT2D eigenvalue weighted by atomic mass is 19.1. The molecule has 13 heavy (non-hydrogen) atoms. The van der Waals surface area contributed by atoms with Crippen LogP contribution in [0.2, 0.25) is 0 Å². The molecule has 0 bridgehead atoms. The van der Waals surface area contributed by atoms with E-state index < -0.39 is 28.3 Å². The molecule has 0 amide bonds. The highest BCUT2D eigenvalue weighted by Gasteiger charge is 2.20. The lowest BCUT2D eigenvalue weighted by Gasteiger charge is -2.04. The molecular weight excluding hydrogens is 181 g/mol.